The number of amides is 1. The number of halogens is 3. The van der Waals surface area contributed by atoms with Crippen LogP contribution in [0.5, 0.6) is 0 Å². The van der Waals surface area contributed by atoms with E-state index in [0.717, 1.165) is 10.9 Å². The van der Waals surface area contributed by atoms with Gasteiger partial charge in [0.2, 0.25) is 0 Å². The van der Waals surface area contributed by atoms with Crippen molar-refractivity contribution in [3.8, 4) is 0 Å². The van der Waals surface area contributed by atoms with E-state index in [-0.39, 0.29) is 12.5 Å². The lowest BCUT2D eigenvalue weighted by atomic mass is 10.1. The maximum absolute atomic E-state index is 13.1. The summed E-state index contributed by atoms with van der Waals surface area (Å²) in [7, 11) is 0. The Bertz CT molecular complexity index is 510. The second kappa shape index (κ2) is 7.13. The third-order valence-corrected chi connectivity index (χ3v) is 3.04. The van der Waals surface area contributed by atoms with Gasteiger partial charge in [-0.1, -0.05) is 13.8 Å². The summed E-state index contributed by atoms with van der Waals surface area (Å²) >= 11 is 0. The number of alkyl halides is 3. The van der Waals surface area contributed by atoms with Gasteiger partial charge in [-0.25, -0.2) is 0 Å². The molecule has 0 aliphatic carbocycles. The fraction of sp³-hybridized carbons (Fsp3) is 0.714. The molecule has 5 nitrogen and oxygen atoms in total. The van der Waals surface area contributed by atoms with Gasteiger partial charge in [0.15, 0.2) is 5.69 Å². The maximum Gasteiger partial charge on any atom is 0.433 e. The molecule has 0 saturated carbocycles. The number of nitrogens with zero attached hydrogens (tertiary/aromatic N) is 2. The number of nitrogens with one attached hydrogen (secondary N) is 1. The van der Waals surface area contributed by atoms with Crippen LogP contribution in [-0.4, -0.2) is 33.4 Å². The van der Waals surface area contributed by atoms with Crippen LogP contribution >= 0.6 is 0 Å². The Labute approximate surface area is 127 Å². The largest absolute Gasteiger partial charge is 0.433 e. The van der Waals surface area contributed by atoms with Gasteiger partial charge in [0.05, 0.1) is 17.9 Å². The van der Waals surface area contributed by atoms with E-state index in [4.69, 9.17) is 0 Å². The first-order valence-corrected chi connectivity index (χ1v) is 7.15. The van der Waals surface area contributed by atoms with Gasteiger partial charge >= 0.3 is 6.18 Å². The van der Waals surface area contributed by atoms with Crippen LogP contribution in [0.2, 0.25) is 0 Å². The van der Waals surface area contributed by atoms with Gasteiger partial charge in [0.25, 0.3) is 5.91 Å². The van der Waals surface area contributed by atoms with Gasteiger partial charge in [-0.15, -0.1) is 0 Å². The molecule has 1 unspecified atom stereocenters. The summed E-state index contributed by atoms with van der Waals surface area (Å²) in [5.41, 5.74) is -1.60. The SMILES string of the molecule is CC(C)CC(O)CNC(=O)c1cnn(C(C)C)c1C(F)(F)F. The lowest BCUT2D eigenvalue weighted by Crippen LogP contribution is -2.34. The van der Waals surface area contributed by atoms with Gasteiger partial charge in [-0.05, 0) is 26.2 Å². The molecule has 0 spiro atoms. The summed E-state index contributed by atoms with van der Waals surface area (Å²) in [5.74, 6) is -0.664. The molecule has 0 fully saturated rings. The predicted octanol–water partition coefficient (Wildman–Crippen LogP) is 2.62. The zero-order valence-corrected chi connectivity index (χ0v) is 13.1. The highest BCUT2D eigenvalue weighted by atomic mass is 19.4. The summed E-state index contributed by atoms with van der Waals surface area (Å²) in [4.78, 5) is 12.0. The number of aliphatic hydroxyl groups is 1. The number of carbonyl (C=O) groups excluding carboxylic acids is 1. The molecular weight excluding hydrogens is 299 g/mol. The number of hydrogen-bond donors (Lipinski definition) is 2. The molecular formula is C14H22F3N3O2. The van der Waals surface area contributed by atoms with Gasteiger partial charge < -0.3 is 10.4 Å². The van der Waals surface area contributed by atoms with Crippen molar-refractivity contribution < 1.29 is 23.1 Å². The van der Waals surface area contributed by atoms with Crippen LogP contribution < -0.4 is 5.32 Å². The van der Waals surface area contributed by atoms with Crippen LogP contribution in [0.25, 0.3) is 0 Å². The Hall–Kier alpha value is -1.57. The normalized spacial score (nSPS) is 13.7. The Balaban J connectivity index is 2.90. The summed E-state index contributed by atoms with van der Waals surface area (Å²) in [6.07, 6.45) is -4.10. The van der Waals surface area contributed by atoms with Crippen molar-refractivity contribution >= 4 is 5.91 Å². The zero-order chi connectivity index (χ0) is 17.1. The van der Waals surface area contributed by atoms with E-state index in [1.165, 1.54) is 0 Å². The first kappa shape index (κ1) is 18.5. The van der Waals surface area contributed by atoms with E-state index in [1.54, 1.807) is 13.8 Å². The van der Waals surface area contributed by atoms with Crippen molar-refractivity contribution in [2.24, 2.45) is 5.92 Å². The lowest BCUT2D eigenvalue weighted by molar-refractivity contribution is -0.145. The first-order chi connectivity index (χ1) is 10.0. The molecule has 1 heterocycles. The van der Waals surface area contributed by atoms with E-state index in [9.17, 15) is 23.1 Å². The average Bonchev–Trinajstić information content (AvgIpc) is 2.79. The van der Waals surface area contributed by atoms with Crippen molar-refractivity contribution in [2.75, 3.05) is 6.54 Å². The highest BCUT2D eigenvalue weighted by Crippen LogP contribution is 2.33. The molecule has 1 amide bonds. The Morgan fingerprint density at radius 1 is 1.36 bits per heavy atom. The van der Waals surface area contributed by atoms with Crippen molar-refractivity contribution in [2.45, 2.75) is 52.4 Å². The van der Waals surface area contributed by atoms with Crippen LogP contribution in [-0.2, 0) is 6.18 Å². The molecule has 0 radical (unpaired) electrons. The molecule has 0 aliphatic rings. The molecule has 1 rings (SSSR count). The minimum Gasteiger partial charge on any atom is -0.391 e. The van der Waals surface area contributed by atoms with Crippen molar-refractivity contribution in [3.05, 3.63) is 17.5 Å². The molecule has 0 aromatic carbocycles. The van der Waals surface area contributed by atoms with Gasteiger partial charge in [0.1, 0.15) is 0 Å². The summed E-state index contributed by atoms with van der Waals surface area (Å²) < 4.78 is 40.2. The van der Waals surface area contributed by atoms with Crippen LogP contribution in [0.3, 0.4) is 0 Å². The number of carbonyl (C=O) groups is 1. The van der Waals surface area contributed by atoms with Crippen LogP contribution in [0, 0.1) is 5.92 Å². The summed E-state index contributed by atoms with van der Waals surface area (Å²) in [5, 5.41) is 15.7. The molecule has 1 aromatic rings. The summed E-state index contributed by atoms with van der Waals surface area (Å²) in [6.45, 7) is 6.81. The average molecular weight is 321 g/mol. The van der Waals surface area contributed by atoms with E-state index in [2.05, 4.69) is 10.4 Å². The molecule has 0 aliphatic heterocycles. The fourth-order valence-corrected chi connectivity index (χ4v) is 2.14. The molecule has 126 valence electrons. The van der Waals surface area contributed by atoms with E-state index in [1.807, 2.05) is 13.8 Å². The number of hydrogen-bond acceptors (Lipinski definition) is 3. The van der Waals surface area contributed by atoms with E-state index in [0.29, 0.717) is 6.42 Å². The molecule has 0 bridgehead atoms. The zero-order valence-electron chi connectivity index (χ0n) is 13.1. The number of aromatic nitrogens is 2. The minimum absolute atomic E-state index is 0.0961. The Morgan fingerprint density at radius 3 is 2.41 bits per heavy atom. The lowest BCUT2D eigenvalue weighted by Gasteiger charge is -2.16. The van der Waals surface area contributed by atoms with Crippen molar-refractivity contribution in [1.29, 1.82) is 0 Å². The molecule has 0 saturated heterocycles. The molecule has 2 N–H and O–H groups in total. The smallest absolute Gasteiger partial charge is 0.391 e. The topological polar surface area (TPSA) is 67.2 Å². The predicted molar refractivity (Wildman–Crippen MR) is 75.4 cm³/mol. The van der Waals surface area contributed by atoms with Gasteiger partial charge in [-0.3, -0.25) is 9.48 Å². The highest BCUT2D eigenvalue weighted by molar-refractivity contribution is 5.95. The standard InChI is InChI=1S/C14H22F3N3O2/c1-8(2)5-10(21)6-18-13(22)11-7-19-20(9(3)4)12(11)14(15,16)17/h7-10,21H,5-6H2,1-4H3,(H,18,22). The van der Waals surface area contributed by atoms with E-state index < -0.39 is 35.5 Å². The second-order valence-corrected chi connectivity index (χ2v) is 5.94. The molecule has 22 heavy (non-hydrogen) atoms. The highest BCUT2D eigenvalue weighted by Gasteiger charge is 2.40. The first-order valence-electron chi connectivity index (χ1n) is 7.15. The molecule has 1 atom stereocenters. The number of rotatable bonds is 6. The van der Waals surface area contributed by atoms with Gasteiger partial charge in [-0.2, -0.15) is 18.3 Å². The quantitative estimate of drug-likeness (QED) is 0.846. The summed E-state index contributed by atoms with van der Waals surface area (Å²) in [6, 6.07) is -0.523. The molecule has 1 aromatic heterocycles. The molecule has 8 heteroatoms. The number of aliphatic hydroxyl groups excluding tert-OH is 1. The third-order valence-electron chi connectivity index (χ3n) is 3.04. The van der Waals surface area contributed by atoms with Crippen LogP contribution in [0.4, 0.5) is 13.2 Å². The van der Waals surface area contributed by atoms with Crippen molar-refractivity contribution in [1.82, 2.24) is 15.1 Å². The van der Waals surface area contributed by atoms with Crippen LogP contribution in [0.15, 0.2) is 6.20 Å². The van der Waals surface area contributed by atoms with E-state index >= 15 is 0 Å². The maximum atomic E-state index is 13.1. The monoisotopic (exact) mass is 321 g/mol. The van der Waals surface area contributed by atoms with Crippen LogP contribution in [0.1, 0.15) is 56.2 Å². The van der Waals surface area contributed by atoms with Crippen molar-refractivity contribution in [3.63, 3.8) is 0 Å². The van der Waals surface area contributed by atoms with Gasteiger partial charge in [0, 0.05) is 12.6 Å². The third kappa shape index (κ3) is 4.72. The fourth-order valence-electron chi connectivity index (χ4n) is 2.14. The Kier molecular flexibility index (Phi) is 5.99. The second-order valence-electron chi connectivity index (χ2n) is 5.94. The minimum atomic E-state index is -4.68. The Morgan fingerprint density at radius 2 is 1.95 bits per heavy atom.